The van der Waals surface area contributed by atoms with Gasteiger partial charge in [0, 0.05) is 6.26 Å². The minimum absolute atomic E-state index is 0.0411. The fraction of sp³-hybridized carbons (Fsp3) is 0.318. The molecule has 0 fully saturated rings. The number of aromatic amines is 1. The van der Waals surface area contributed by atoms with Crippen LogP contribution in [0.25, 0.3) is 0 Å². The predicted molar refractivity (Wildman–Crippen MR) is 115 cm³/mol. The van der Waals surface area contributed by atoms with Gasteiger partial charge in [-0.15, -0.1) is 0 Å². The lowest BCUT2D eigenvalue weighted by Gasteiger charge is -2.17. The van der Waals surface area contributed by atoms with Crippen LogP contribution in [-0.4, -0.2) is 24.6 Å². The Morgan fingerprint density at radius 2 is 1.77 bits per heavy atom. The third-order valence-electron chi connectivity index (χ3n) is 4.77. The minimum Gasteiger partial charge on any atom is -0.361 e. The highest BCUT2D eigenvalue weighted by Gasteiger charge is 2.24. The van der Waals surface area contributed by atoms with Crippen molar-refractivity contribution >= 4 is 21.4 Å². The van der Waals surface area contributed by atoms with Gasteiger partial charge in [0.05, 0.1) is 17.3 Å². The van der Waals surface area contributed by atoms with Crippen LogP contribution >= 0.6 is 11.6 Å². The maximum absolute atomic E-state index is 13.7. The number of hydrogen-bond acceptors (Lipinski definition) is 4. The monoisotopic (exact) mass is 450 g/mol. The molecule has 1 aromatic heterocycles. The van der Waals surface area contributed by atoms with E-state index in [0.717, 1.165) is 11.8 Å². The van der Waals surface area contributed by atoms with Gasteiger partial charge in [-0.05, 0) is 41.7 Å². The second kappa shape index (κ2) is 8.88. The van der Waals surface area contributed by atoms with Gasteiger partial charge >= 0.3 is 0 Å². The first-order chi connectivity index (χ1) is 14.1. The summed E-state index contributed by atoms with van der Waals surface area (Å²) < 4.78 is 43.8. The molecule has 0 aliphatic rings. The number of rotatable bonds is 7. The summed E-state index contributed by atoms with van der Waals surface area (Å²) in [5.41, 5.74) is 3.15. The normalized spacial score (nSPS) is 13.0. The predicted octanol–water partition coefficient (Wildman–Crippen LogP) is 5.34. The van der Waals surface area contributed by atoms with E-state index in [0.29, 0.717) is 23.0 Å². The summed E-state index contributed by atoms with van der Waals surface area (Å²) >= 11 is 5.96. The number of H-pyrrole nitrogens is 1. The molecule has 2 aromatic carbocycles. The van der Waals surface area contributed by atoms with Crippen molar-refractivity contribution in [2.75, 3.05) is 6.26 Å². The Hall–Kier alpha value is -2.22. The largest absolute Gasteiger partial charge is 0.361 e. The van der Waals surface area contributed by atoms with E-state index in [1.807, 2.05) is 24.3 Å². The maximum Gasteiger partial charge on any atom is 0.194 e. The molecule has 3 rings (SSSR count). The number of hydrogen-bond donors (Lipinski definition) is 1. The molecule has 30 heavy (non-hydrogen) atoms. The Bertz CT molecular complexity index is 1140. The fourth-order valence-electron chi connectivity index (χ4n) is 3.14. The Balaban J connectivity index is 1.94. The quantitative estimate of drug-likeness (QED) is 0.527. The minimum atomic E-state index is -3.51. The number of benzene rings is 2. The summed E-state index contributed by atoms with van der Waals surface area (Å²) in [7, 11) is -3.51. The first-order valence-corrected chi connectivity index (χ1v) is 11.7. The van der Waals surface area contributed by atoms with Crippen molar-refractivity contribution in [3.63, 3.8) is 0 Å². The summed E-state index contributed by atoms with van der Waals surface area (Å²) in [6.07, 6.45) is 0.350. The van der Waals surface area contributed by atoms with Crippen molar-refractivity contribution in [2.24, 2.45) is 0 Å². The smallest absolute Gasteiger partial charge is 0.194 e. The summed E-state index contributed by atoms with van der Waals surface area (Å²) in [5.74, 6) is 0.194. The molecule has 0 bridgehead atoms. The van der Waals surface area contributed by atoms with Gasteiger partial charge in [-0.2, -0.15) is 0 Å². The molecule has 8 heteroatoms. The van der Waals surface area contributed by atoms with Gasteiger partial charge in [0.15, 0.2) is 14.9 Å². The van der Waals surface area contributed by atoms with E-state index in [4.69, 9.17) is 16.3 Å². The second-order valence-electron chi connectivity index (χ2n) is 7.59. The SMILES string of the molecule is Cc1[nH]c(C(OCc2ccc(C(C)C)cc2)c2ccc(F)c(Cl)c2)nc1S(C)(=O)=O. The number of aromatic nitrogens is 2. The molecular formula is C22H24ClFN2O3S. The molecule has 1 N–H and O–H groups in total. The molecule has 0 aliphatic carbocycles. The average molecular weight is 451 g/mol. The van der Waals surface area contributed by atoms with Crippen LogP contribution in [-0.2, 0) is 21.2 Å². The molecular weight excluding hydrogens is 427 g/mol. The van der Waals surface area contributed by atoms with E-state index in [1.54, 1.807) is 13.0 Å². The number of ether oxygens (including phenoxy) is 1. The van der Waals surface area contributed by atoms with Gasteiger partial charge in [0.1, 0.15) is 17.7 Å². The number of imidazole rings is 1. The van der Waals surface area contributed by atoms with Crippen LogP contribution in [0.5, 0.6) is 0 Å². The lowest BCUT2D eigenvalue weighted by molar-refractivity contribution is 0.0613. The molecule has 1 atom stereocenters. The van der Waals surface area contributed by atoms with Crippen LogP contribution in [0, 0.1) is 12.7 Å². The summed E-state index contributed by atoms with van der Waals surface area (Å²) in [6, 6.07) is 12.3. The van der Waals surface area contributed by atoms with Gasteiger partial charge in [-0.3, -0.25) is 0 Å². The van der Waals surface area contributed by atoms with Crippen LogP contribution in [0.15, 0.2) is 47.5 Å². The van der Waals surface area contributed by atoms with Gasteiger partial charge in [0.25, 0.3) is 0 Å². The number of sulfone groups is 1. The molecule has 5 nitrogen and oxygen atoms in total. The molecule has 160 valence electrons. The molecule has 0 spiro atoms. The van der Waals surface area contributed by atoms with Crippen LogP contribution in [0.2, 0.25) is 5.02 Å². The standard InChI is InChI=1S/C22H24ClFN2O3S/c1-13(2)16-7-5-15(6-8-16)12-29-20(17-9-10-19(24)18(23)11-17)21-25-14(3)22(26-21)30(4,27)28/h5-11,13,20H,12H2,1-4H3,(H,25,26). The number of aryl methyl sites for hydroxylation is 1. The van der Waals surface area contributed by atoms with Crippen molar-refractivity contribution in [2.45, 2.75) is 44.4 Å². The number of halogens is 2. The van der Waals surface area contributed by atoms with Crippen molar-refractivity contribution in [1.29, 1.82) is 0 Å². The maximum atomic E-state index is 13.7. The Kier molecular flexibility index (Phi) is 6.65. The van der Waals surface area contributed by atoms with Gasteiger partial charge in [-0.25, -0.2) is 17.8 Å². The zero-order valence-corrected chi connectivity index (χ0v) is 18.8. The average Bonchev–Trinajstić information content (AvgIpc) is 3.07. The van der Waals surface area contributed by atoms with Gasteiger partial charge < -0.3 is 9.72 Å². The second-order valence-corrected chi connectivity index (χ2v) is 9.92. The van der Waals surface area contributed by atoms with E-state index >= 15 is 0 Å². The molecule has 1 heterocycles. The summed E-state index contributed by atoms with van der Waals surface area (Å²) in [4.78, 5) is 7.25. The molecule has 0 saturated carbocycles. The molecule has 0 saturated heterocycles. The zero-order chi connectivity index (χ0) is 22.1. The Morgan fingerprint density at radius 1 is 1.13 bits per heavy atom. The van der Waals surface area contributed by atoms with E-state index in [1.165, 1.54) is 17.7 Å². The van der Waals surface area contributed by atoms with Gasteiger partial charge in [-0.1, -0.05) is 55.8 Å². The first kappa shape index (κ1) is 22.5. The molecule has 1 unspecified atom stereocenters. The topological polar surface area (TPSA) is 72.0 Å². The molecule has 3 aromatic rings. The fourth-order valence-corrected chi connectivity index (χ4v) is 4.20. The third-order valence-corrected chi connectivity index (χ3v) is 6.16. The van der Waals surface area contributed by atoms with E-state index < -0.39 is 21.8 Å². The van der Waals surface area contributed by atoms with Crippen molar-refractivity contribution in [1.82, 2.24) is 9.97 Å². The Labute approximate surface area is 181 Å². The van der Waals surface area contributed by atoms with Crippen LogP contribution < -0.4 is 0 Å². The summed E-state index contributed by atoms with van der Waals surface area (Å²) in [5, 5.41) is -0.0883. The van der Waals surface area contributed by atoms with Crippen molar-refractivity contribution in [3.8, 4) is 0 Å². The summed E-state index contributed by atoms with van der Waals surface area (Å²) in [6.45, 7) is 6.13. The highest BCUT2D eigenvalue weighted by molar-refractivity contribution is 7.90. The lowest BCUT2D eigenvalue weighted by atomic mass is 10.0. The molecule has 0 radical (unpaired) electrons. The van der Waals surface area contributed by atoms with Crippen LogP contribution in [0.3, 0.4) is 0 Å². The highest BCUT2D eigenvalue weighted by atomic mass is 35.5. The number of nitrogens with one attached hydrogen (secondary N) is 1. The lowest BCUT2D eigenvalue weighted by Crippen LogP contribution is -2.09. The highest BCUT2D eigenvalue weighted by Crippen LogP contribution is 2.30. The molecule has 0 aliphatic heterocycles. The number of nitrogens with zero attached hydrogens (tertiary/aromatic N) is 1. The Morgan fingerprint density at radius 3 is 2.30 bits per heavy atom. The zero-order valence-electron chi connectivity index (χ0n) is 17.2. The molecule has 0 amide bonds. The van der Waals surface area contributed by atoms with E-state index in [2.05, 4.69) is 23.8 Å². The third kappa shape index (κ3) is 5.09. The van der Waals surface area contributed by atoms with Crippen molar-refractivity contribution < 1.29 is 17.5 Å². The van der Waals surface area contributed by atoms with Crippen molar-refractivity contribution in [3.05, 3.63) is 81.5 Å². The van der Waals surface area contributed by atoms with Gasteiger partial charge in [0.2, 0.25) is 0 Å². The van der Waals surface area contributed by atoms with Crippen LogP contribution in [0.4, 0.5) is 4.39 Å². The van der Waals surface area contributed by atoms with E-state index in [-0.39, 0.29) is 16.7 Å². The first-order valence-electron chi connectivity index (χ1n) is 9.48. The van der Waals surface area contributed by atoms with Crippen LogP contribution in [0.1, 0.15) is 54.1 Å². The van der Waals surface area contributed by atoms with E-state index in [9.17, 15) is 12.8 Å².